The number of likely N-dealkylation sites (N-methyl/N-ethyl adjacent to an activating group) is 1. The standard InChI is InChI=1S/C33H41N3O3S2.C5H11NO2S/c1-4-6-18-33(19-7-5-2)24-36(26-16-12-9-13-17-26)28-20-31(40-3)29(21-30(28)41-35-33)39-23-32(38)34-27(22-37)25-14-10-8-11-15-25;1-6-4(3-9-2)5(7)8/h8-17,20-22,27,35H,4-7,18-19,23-24H2,1-3H3,(H,34,38);4,6H,3H2,1-2H3,(H,7,8). The highest BCUT2D eigenvalue weighted by Crippen LogP contribution is 2.45. The fourth-order valence-electron chi connectivity index (χ4n) is 5.59. The van der Waals surface area contributed by atoms with Gasteiger partial charge in [0.2, 0.25) is 0 Å². The quantitative estimate of drug-likeness (QED) is 0.0583. The lowest BCUT2D eigenvalue weighted by Crippen LogP contribution is -2.49. The highest BCUT2D eigenvalue weighted by molar-refractivity contribution is 7.99. The highest BCUT2D eigenvalue weighted by Gasteiger charge is 2.36. The highest BCUT2D eigenvalue weighted by atomic mass is 32.2. The average Bonchev–Trinajstić information content (AvgIpc) is 3.30. The van der Waals surface area contributed by atoms with Gasteiger partial charge in [0, 0.05) is 23.5 Å². The molecule has 0 spiro atoms. The normalized spacial score (nSPS) is 14.6. The summed E-state index contributed by atoms with van der Waals surface area (Å²) in [7, 11) is 1.65. The number of unbranched alkanes of at least 4 members (excludes halogenated alkanes) is 2. The first-order chi connectivity index (χ1) is 24.2. The molecule has 2 atom stereocenters. The van der Waals surface area contributed by atoms with Crippen LogP contribution in [0.2, 0.25) is 0 Å². The van der Waals surface area contributed by atoms with Crippen molar-refractivity contribution in [3.8, 4) is 5.75 Å². The Morgan fingerprint density at radius 2 is 1.68 bits per heavy atom. The van der Waals surface area contributed by atoms with E-state index in [1.165, 1.54) is 24.6 Å². The molecule has 4 rings (SSSR count). The minimum atomic E-state index is -0.785. The van der Waals surface area contributed by atoms with Crippen molar-refractivity contribution in [2.45, 2.75) is 79.8 Å². The zero-order valence-corrected chi connectivity index (χ0v) is 32.2. The van der Waals surface area contributed by atoms with Gasteiger partial charge in [0.05, 0.1) is 15.5 Å². The lowest BCUT2D eigenvalue weighted by Gasteiger charge is -2.38. The summed E-state index contributed by atoms with van der Waals surface area (Å²) in [6, 6.07) is 22.9. The Labute approximate surface area is 310 Å². The molecule has 1 amide bonds. The molecule has 1 aliphatic heterocycles. The van der Waals surface area contributed by atoms with E-state index >= 15 is 0 Å². The van der Waals surface area contributed by atoms with Crippen LogP contribution in [0, 0.1) is 0 Å². The zero-order valence-electron chi connectivity index (χ0n) is 29.8. The van der Waals surface area contributed by atoms with Crippen LogP contribution in [0.1, 0.15) is 64.0 Å². The van der Waals surface area contributed by atoms with Gasteiger partial charge in [-0.2, -0.15) is 11.8 Å². The number of thioether (sulfide) groups is 2. The van der Waals surface area contributed by atoms with Crippen molar-refractivity contribution in [1.82, 2.24) is 15.4 Å². The summed E-state index contributed by atoms with van der Waals surface area (Å²) < 4.78 is 9.99. The number of para-hydroxylation sites is 1. The van der Waals surface area contributed by atoms with Crippen molar-refractivity contribution < 1.29 is 24.2 Å². The predicted octanol–water partition coefficient (Wildman–Crippen LogP) is 7.73. The van der Waals surface area contributed by atoms with Crippen LogP contribution in [-0.4, -0.2) is 73.3 Å². The van der Waals surface area contributed by atoms with Gasteiger partial charge in [0.25, 0.3) is 5.91 Å². The molecule has 0 aliphatic carbocycles. The molecule has 0 radical (unpaired) electrons. The van der Waals surface area contributed by atoms with Gasteiger partial charge in [-0.05, 0) is 74.2 Å². The SMILES string of the molecule is CCCCC1(CCCC)CN(c2ccccc2)c2cc(SC)c(OCC(=O)NC(C=O)c3ccccc3)cc2SN1.CNC(CSC)C(=O)O. The fourth-order valence-corrected chi connectivity index (χ4v) is 7.82. The van der Waals surface area contributed by atoms with E-state index in [1.807, 2.05) is 48.9 Å². The molecule has 0 fully saturated rings. The molecule has 12 heteroatoms. The van der Waals surface area contributed by atoms with E-state index in [0.717, 1.165) is 65.2 Å². The first kappa shape index (κ1) is 41.3. The second kappa shape index (κ2) is 21.9. The number of aliphatic carboxylic acids is 1. The Morgan fingerprint density at radius 3 is 2.20 bits per heavy atom. The number of nitrogens with one attached hydrogen (secondary N) is 3. The van der Waals surface area contributed by atoms with E-state index in [-0.39, 0.29) is 18.1 Å². The van der Waals surface area contributed by atoms with Crippen molar-refractivity contribution >= 4 is 65.0 Å². The number of carbonyl (C=O) groups is 3. The van der Waals surface area contributed by atoms with Gasteiger partial charge in [-0.1, -0.05) is 88.1 Å². The monoisotopic (exact) mass is 740 g/mol. The predicted molar refractivity (Wildman–Crippen MR) is 210 cm³/mol. The third-order valence-electron chi connectivity index (χ3n) is 8.41. The number of carboxylic acids is 1. The van der Waals surface area contributed by atoms with Gasteiger partial charge < -0.3 is 30.2 Å². The van der Waals surface area contributed by atoms with Crippen LogP contribution in [0.25, 0.3) is 0 Å². The molecule has 0 aromatic heterocycles. The van der Waals surface area contributed by atoms with E-state index in [9.17, 15) is 14.4 Å². The summed E-state index contributed by atoms with van der Waals surface area (Å²) in [5.74, 6) is 0.145. The van der Waals surface area contributed by atoms with Crippen LogP contribution in [0.3, 0.4) is 0 Å². The smallest absolute Gasteiger partial charge is 0.321 e. The van der Waals surface area contributed by atoms with Gasteiger partial charge >= 0.3 is 5.97 Å². The number of ether oxygens (including phenoxy) is 1. The Hall–Kier alpha value is -3.16. The first-order valence-electron chi connectivity index (χ1n) is 17.0. The fraction of sp³-hybridized carbons (Fsp3) is 0.447. The van der Waals surface area contributed by atoms with Crippen LogP contribution in [-0.2, 0) is 14.4 Å². The summed E-state index contributed by atoms with van der Waals surface area (Å²) in [5, 5.41) is 13.9. The molecule has 0 saturated heterocycles. The second-order valence-electron chi connectivity index (χ2n) is 12.1. The largest absolute Gasteiger partial charge is 0.483 e. The Morgan fingerprint density at radius 1 is 1.04 bits per heavy atom. The maximum Gasteiger partial charge on any atom is 0.321 e. The van der Waals surface area contributed by atoms with E-state index in [4.69, 9.17) is 9.84 Å². The Balaban J connectivity index is 0.000000661. The molecular formula is C38H52N4O5S3. The molecule has 0 saturated carbocycles. The van der Waals surface area contributed by atoms with Gasteiger partial charge in [-0.25, -0.2) is 0 Å². The molecule has 9 nitrogen and oxygen atoms in total. The van der Waals surface area contributed by atoms with E-state index < -0.39 is 18.1 Å². The van der Waals surface area contributed by atoms with Crippen molar-refractivity contribution in [3.05, 3.63) is 78.4 Å². The topological polar surface area (TPSA) is 120 Å². The summed E-state index contributed by atoms with van der Waals surface area (Å²) in [6.45, 7) is 5.20. The molecule has 272 valence electrons. The van der Waals surface area contributed by atoms with Crippen LogP contribution < -0.4 is 25.0 Å². The number of carboxylic acid groups (broad SMARTS) is 1. The van der Waals surface area contributed by atoms with Crippen molar-refractivity contribution in [2.75, 3.05) is 43.4 Å². The van der Waals surface area contributed by atoms with E-state index in [0.29, 0.717) is 11.5 Å². The number of hydrogen-bond donors (Lipinski definition) is 4. The van der Waals surface area contributed by atoms with Crippen molar-refractivity contribution in [3.63, 3.8) is 0 Å². The van der Waals surface area contributed by atoms with Gasteiger partial charge in [0.1, 0.15) is 24.1 Å². The van der Waals surface area contributed by atoms with Crippen LogP contribution in [0.5, 0.6) is 5.75 Å². The lowest BCUT2D eigenvalue weighted by molar-refractivity contribution is -0.138. The number of benzene rings is 3. The summed E-state index contributed by atoms with van der Waals surface area (Å²) in [4.78, 5) is 39.2. The third kappa shape index (κ3) is 12.3. The Kier molecular flexibility index (Phi) is 18.1. The van der Waals surface area contributed by atoms with Crippen molar-refractivity contribution in [2.24, 2.45) is 0 Å². The number of fused-ring (bicyclic) bond motifs is 1. The first-order valence-corrected chi connectivity index (χ1v) is 20.5. The van der Waals surface area contributed by atoms with Gasteiger partial charge in [-0.15, -0.1) is 11.8 Å². The zero-order chi connectivity index (χ0) is 36.4. The summed E-state index contributed by atoms with van der Waals surface area (Å²) in [5.41, 5.74) is 3.00. The molecule has 4 N–H and O–H groups in total. The van der Waals surface area contributed by atoms with E-state index in [1.54, 1.807) is 30.8 Å². The molecule has 2 unspecified atom stereocenters. The van der Waals surface area contributed by atoms with Crippen LogP contribution in [0.15, 0.2) is 82.6 Å². The molecule has 0 bridgehead atoms. The molecule has 50 heavy (non-hydrogen) atoms. The van der Waals surface area contributed by atoms with E-state index in [2.05, 4.69) is 70.5 Å². The second-order valence-corrected chi connectivity index (χ2v) is 14.7. The number of aldehydes is 1. The van der Waals surface area contributed by atoms with Gasteiger partial charge in [-0.3, -0.25) is 14.3 Å². The molecular weight excluding hydrogens is 689 g/mol. The van der Waals surface area contributed by atoms with Gasteiger partial charge in [0.15, 0.2) is 6.61 Å². The molecule has 3 aromatic rings. The molecule has 1 heterocycles. The summed E-state index contributed by atoms with van der Waals surface area (Å²) in [6.07, 6.45) is 11.5. The lowest BCUT2D eigenvalue weighted by atomic mass is 9.87. The third-order valence-corrected chi connectivity index (χ3v) is 10.9. The average molecular weight is 741 g/mol. The minimum Gasteiger partial charge on any atom is -0.483 e. The summed E-state index contributed by atoms with van der Waals surface area (Å²) >= 11 is 4.78. The maximum absolute atomic E-state index is 12.8. The molecule has 3 aromatic carbocycles. The van der Waals surface area contributed by atoms with Crippen LogP contribution in [0.4, 0.5) is 11.4 Å². The molecule has 1 aliphatic rings. The Bertz CT molecular complexity index is 1470. The minimum absolute atomic E-state index is 0.0345. The van der Waals surface area contributed by atoms with Crippen molar-refractivity contribution in [1.29, 1.82) is 0 Å². The number of hydrogen-bond acceptors (Lipinski definition) is 10. The number of anilines is 2. The number of nitrogens with zero attached hydrogens (tertiary/aromatic N) is 1. The number of amides is 1. The number of carbonyl (C=O) groups excluding carboxylic acids is 2. The number of rotatable bonds is 18. The van der Waals surface area contributed by atoms with Crippen LogP contribution >= 0.6 is 35.5 Å². The maximum atomic E-state index is 12.8.